The van der Waals surface area contributed by atoms with Gasteiger partial charge in [0.1, 0.15) is 0 Å². The third-order valence-corrected chi connectivity index (χ3v) is 7.49. The van der Waals surface area contributed by atoms with E-state index in [0.717, 1.165) is 12.8 Å². The lowest BCUT2D eigenvalue weighted by molar-refractivity contribution is -0.313. The zero-order chi connectivity index (χ0) is 20.3. The average Bonchev–Trinajstić information content (AvgIpc) is 2.68. The molecule has 0 bridgehead atoms. The van der Waals surface area contributed by atoms with Crippen molar-refractivity contribution in [1.29, 1.82) is 0 Å². The van der Waals surface area contributed by atoms with Gasteiger partial charge in [0.05, 0.1) is 10.8 Å². The molecule has 1 N–H and O–H groups in total. The third kappa shape index (κ3) is 4.44. The molecule has 1 fully saturated rings. The number of hydrogen-bond acceptors (Lipinski definition) is 5. The molecular formula is C20H25N2O5S-. The van der Waals surface area contributed by atoms with Crippen LogP contribution in [0.5, 0.6) is 0 Å². The van der Waals surface area contributed by atoms with Crippen LogP contribution in [0.25, 0.3) is 0 Å². The summed E-state index contributed by atoms with van der Waals surface area (Å²) in [6.07, 6.45) is 5.84. The number of aliphatic carboxylic acids is 1. The Morgan fingerprint density at radius 3 is 2.18 bits per heavy atom. The van der Waals surface area contributed by atoms with Crippen molar-refractivity contribution in [3.8, 4) is 0 Å². The van der Waals surface area contributed by atoms with E-state index in [0.29, 0.717) is 31.1 Å². The van der Waals surface area contributed by atoms with Crippen LogP contribution in [0.15, 0.2) is 41.3 Å². The smallest absolute Gasteiger partial charge is 0.243 e. The van der Waals surface area contributed by atoms with Gasteiger partial charge in [0.15, 0.2) is 0 Å². The molecule has 0 saturated carbocycles. The molecule has 1 aromatic carbocycles. The number of allylic oxidation sites excluding steroid dienone is 2. The minimum atomic E-state index is -3.55. The zero-order valence-corrected chi connectivity index (χ0v) is 16.7. The number of sulfonamides is 1. The zero-order valence-electron chi connectivity index (χ0n) is 15.8. The number of nitrogens with one attached hydrogen (secondary N) is 1. The van der Waals surface area contributed by atoms with Crippen molar-refractivity contribution in [3.05, 3.63) is 36.4 Å². The fraction of sp³-hybridized carbons (Fsp3) is 0.500. The van der Waals surface area contributed by atoms with E-state index in [2.05, 4.69) is 12.2 Å². The first-order valence-corrected chi connectivity index (χ1v) is 11.0. The molecule has 1 heterocycles. The van der Waals surface area contributed by atoms with E-state index in [1.165, 1.54) is 28.6 Å². The van der Waals surface area contributed by atoms with Gasteiger partial charge in [0.25, 0.3) is 0 Å². The van der Waals surface area contributed by atoms with E-state index < -0.39 is 33.7 Å². The Labute approximate surface area is 165 Å². The second-order valence-corrected chi connectivity index (χ2v) is 9.51. The van der Waals surface area contributed by atoms with Crippen LogP contribution < -0.4 is 10.4 Å². The van der Waals surface area contributed by atoms with Crippen molar-refractivity contribution in [2.24, 2.45) is 17.8 Å². The summed E-state index contributed by atoms with van der Waals surface area (Å²) >= 11 is 0. The quantitative estimate of drug-likeness (QED) is 0.745. The molecular weight excluding hydrogens is 380 g/mol. The maximum absolute atomic E-state index is 12.8. The highest BCUT2D eigenvalue weighted by Gasteiger charge is 2.30. The minimum Gasteiger partial charge on any atom is -0.550 e. The Kier molecular flexibility index (Phi) is 6.20. The van der Waals surface area contributed by atoms with Crippen molar-refractivity contribution in [3.63, 3.8) is 0 Å². The lowest BCUT2D eigenvalue weighted by atomic mass is 9.82. The number of anilines is 1. The molecule has 0 radical (unpaired) electrons. The highest BCUT2D eigenvalue weighted by atomic mass is 32.2. The Morgan fingerprint density at radius 2 is 1.61 bits per heavy atom. The second-order valence-electron chi connectivity index (χ2n) is 7.58. The van der Waals surface area contributed by atoms with E-state index >= 15 is 0 Å². The van der Waals surface area contributed by atoms with Crippen LogP contribution >= 0.6 is 0 Å². The van der Waals surface area contributed by atoms with Crippen LogP contribution in [-0.2, 0) is 19.6 Å². The molecule has 3 rings (SSSR count). The number of carboxylic acid groups (broad SMARTS) is 1. The monoisotopic (exact) mass is 405 g/mol. The van der Waals surface area contributed by atoms with Crippen LogP contribution in [0.4, 0.5) is 5.69 Å². The molecule has 1 aliphatic carbocycles. The number of piperidine rings is 1. The van der Waals surface area contributed by atoms with E-state index in [4.69, 9.17) is 0 Å². The summed E-state index contributed by atoms with van der Waals surface area (Å²) in [5.74, 6) is -2.66. The lowest BCUT2D eigenvalue weighted by Crippen LogP contribution is -2.41. The number of carbonyl (C=O) groups is 2. The normalized spacial score (nSPS) is 24.0. The molecule has 8 heteroatoms. The molecule has 1 amide bonds. The largest absolute Gasteiger partial charge is 0.550 e. The first-order valence-electron chi connectivity index (χ1n) is 9.56. The predicted molar refractivity (Wildman–Crippen MR) is 103 cm³/mol. The maximum Gasteiger partial charge on any atom is 0.243 e. The first kappa shape index (κ1) is 20.5. The van der Waals surface area contributed by atoms with Crippen LogP contribution in [-0.4, -0.2) is 37.7 Å². The van der Waals surface area contributed by atoms with Gasteiger partial charge in [0, 0.05) is 30.7 Å². The highest BCUT2D eigenvalue weighted by molar-refractivity contribution is 7.89. The maximum atomic E-state index is 12.8. The molecule has 2 aliphatic rings. The van der Waals surface area contributed by atoms with Crippen molar-refractivity contribution < 1.29 is 23.1 Å². The summed E-state index contributed by atoms with van der Waals surface area (Å²) in [6, 6.07) is 6.01. The van der Waals surface area contributed by atoms with E-state index in [-0.39, 0.29) is 11.3 Å². The van der Waals surface area contributed by atoms with Crippen molar-refractivity contribution in [2.75, 3.05) is 18.4 Å². The summed E-state index contributed by atoms with van der Waals surface area (Å²) < 4.78 is 27.0. The number of amides is 1. The van der Waals surface area contributed by atoms with Gasteiger partial charge in [-0.3, -0.25) is 4.79 Å². The molecule has 7 nitrogen and oxygen atoms in total. The van der Waals surface area contributed by atoms with Crippen LogP contribution in [0.1, 0.15) is 32.6 Å². The predicted octanol–water partition coefficient (Wildman–Crippen LogP) is 1.38. The molecule has 0 aromatic heterocycles. The number of nitrogens with zero attached hydrogens (tertiary/aromatic N) is 1. The highest BCUT2D eigenvalue weighted by Crippen LogP contribution is 2.28. The fourth-order valence-electron chi connectivity index (χ4n) is 3.68. The summed E-state index contributed by atoms with van der Waals surface area (Å²) in [7, 11) is -3.55. The van der Waals surface area contributed by atoms with E-state index in [1.807, 2.05) is 0 Å². The summed E-state index contributed by atoms with van der Waals surface area (Å²) in [5, 5.41) is 13.9. The third-order valence-electron chi connectivity index (χ3n) is 5.57. The van der Waals surface area contributed by atoms with Gasteiger partial charge in [-0.1, -0.05) is 19.1 Å². The van der Waals surface area contributed by atoms with Crippen molar-refractivity contribution >= 4 is 27.6 Å². The van der Waals surface area contributed by atoms with Gasteiger partial charge in [-0.05, 0) is 55.9 Å². The molecule has 1 aromatic rings. The summed E-state index contributed by atoms with van der Waals surface area (Å²) in [4.78, 5) is 23.9. The second kappa shape index (κ2) is 8.45. The first-order chi connectivity index (χ1) is 13.3. The lowest BCUT2D eigenvalue weighted by Gasteiger charge is -2.29. The van der Waals surface area contributed by atoms with E-state index in [1.54, 1.807) is 12.2 Å². The SMILES string of the molecule is CC1CCN(S(=O)(=O)c2ccc(NC(=O)[C@H]3CC=CC[C@@H]3C(=O)[O-])cc2)CC1. The molecule has 1 saturated heterocycles. The Bertz CT molecular complexity index is 855. The molecule has 28 heavy (non-hydrogen) atoms. The molecule has 0 spiro atoms. The Balaban J connectivity index is 1.68. The number of hydrogen-bond donors (Lipinski definition) is 1. The molecule has 152 valence electrons. The summed E-state index contributed by atoms with van der Waals surface area (Å²) in [5.41, 5.74) is 0.433. The molecule has 1 aliphatic heterocycles. The van der Waals surface area contributed by atoms with Crippen LogP contribution in [0, 0.1) is 17.8 Å². The standard InChI is InChI=1S/C20H26N2O5S/c1-14-10-12-22(13-11-14)28(26,27)16-8-6-15(7-9-16)21-19(23)17-4-2-3-5-18(17)20(24)25/h2-3,6-9,14,17-18H,4-5,10-13H2,1H3,(H,21,23)(H,24,25)/p-1/t17-,18-/m0/s1. The van der Waals surface area contributed by atoms with Crippen LogP contribution in [0.3, 0.4) is 0 Å². The average molecular weight is 405 g/mol. The number of carboxylic acids is 1. The van der Waals surface area contributed by atoms with Crippen molar-refractivity contribution in [1.82, 2.24) is 4.31 Å². The van der Waals surface area contributed by atoms with Gasteiger partial charge in [-0.15, -0.1) is 0 Å². The summed E-state index contributed by atoms with van der Waals surface area (Å²) in [6.45, 7) is 3.15. The minimum absolute atomic E-state index is 0.188. The number of benzene rings is 1. The van der Waals surface area contributed by atoms with Gasteiger partial charge >= 0.3 is 0 Å². The van der Waals surface area contributed by atoms with E-state index in [9.17, 15) is 23.1 Å². The Morgan fingerprint density at radius 1 is 1.04 bits per heavy atom. The fourth-order valence-corrected chi connectivity index (χ4v) is 5.15. The molecule has 0 unspecified atom stereocenters. The Hall–Kier alpha value is -2.19. The van der Waals surface area contributed by atoms with Crippen LogP contribution in [0.2, 0.25) is 0 Å². The van der Waals surface area contributed by atoms with Gasteiger partial charge in [-0.25, -0.2) is 8.42 Å². The van der Waals surface area contributed by atoms with Gasteiger partial charge in [0.2, 0.25) is 15.9 Å². The van der Waals surface area contributed by atoms with Gasteiger partial charge in [-0.2, -0.15) is 4.31 Å². The topological polar surface area (TPSA) is 107 Å². The number of carbonyl (C=O) groups excluding carboxylic acids is 2. The molecule has 2 atom stereocenters. The van der Waals surface area contributed by atoms with Gasteiger partial charge < -0.3 is 15.2 Å². The van der Waals surface area contributed by atoms with Crippen molar-refractivity contribution in [2.45, 2.75) is 37.5 Å². The number of rotatable bonds is 5.